The second-order valence-corrected chi connectivity index (χ2v) is 4.56. The van der Waals surface area contributed by atoms with Gasteiger partial charge >= 0.3 is 11.8 Å². The van der Waals surface area contributed by atoms with E-state index in [1.165, 1.54) is 4.90 Å². The van der Waals surface area contributed by atoms with Gasteiger partial charge in [-0.1, -0.05) is 12.1 Å². The van der Waals surface area contributed by atoms with Crippen LogP contribution in [0.15, 0.2) is 36.7 Å². The van der Waals surface area contributed by atoms with Crippen molar-refractivity contribution in [2.75, 3.05) is 25.0 Å². The standard InChI is InChI=1S/C14H13N3O2/c1-16-7-8-17(14(19)13(16)18)12-4-2-3-10-9-15-6-5-11(10)12/h2-6,9H,7-8H2,1H3. The van der Waals surface area contributed by atoms with Crippen LogP contribution < -0.4 is 4.90 Å². The molecule has 2 amide bonds. The van der Waals surface area contributed by atoms with Crippen LogP contribution >= 0.6 is 0 Å². The minimum Gasteiger partial charge on any atom is -0.336 e. The highest BCUT2D eigenvalue weighted by Gasteiger charge is 2.31. The molecule has 2 heterocycles. The van der Waals surface area contributed by atoms with E-state index in [1.807, 2.05) is 24.3 Å². The molecule has 1 aromatic carbocycles. The third-order valence-electron chi connectivity index (χ3n) is 3.38. The molecule has 0 aliphatic carbocycles. The van der Waals surface area contributed by atoms with Gasteiger partial charge in [0.05, 0.1) is 5.69 Å². The van der Waals surface area contributed by atoms with Gasteiger partial charge in [0.25, 0.3) is 0 Å². The average Bonchev–Trinajstić information content (AvgIpc) is 2.45. The second kappa shape index (κ2) is 4.35. The van der Waals surface area contributed by atoms with Gasteiger partial charge in [0.15, 0.2) is 0 Å². The summed E-state index contributed by atoms with van der Waals surface area (Å²) in [5.74, 6) is -0.935. The third kappa shape index (κ3) is 1.83. The summed E-state index contributed by atoms with van der Waals surface area (Å²) in [5.41, 5.74) is 0.770. The number of amides is 2. The molecule has 19 heavy (non-hydrogen) atoms. The molecule has 2 aromatic rings. The summed E-state index contributed by atoms with van der Waals surface area (Å²) in [5, 5.41) is 1.89. The Labute approximate surface area is 110 Å². The molecule has 1 aromatic heterocycles. The molecular weight excluding hydrogens is 242 g/mol. The number of carbonyl (C=O) groups is 2. The average molecular weight is 255 g/mol. The molecule has 0 unspecified atom stereocenters. The number of nitrogens with zero attached hydrogens (tertiary/aromatic N) is 3. The lowest BCUT2D eigenvalue weighted by Crippen LogP contribution is -2.53. The quantitative estimate of drug-likeness (QED) is 0.715. The summed E-state index contributed by atoms with van der Waals surface area (Å²) in [6.45, 7) is 1.06. The molecule has 1 fully saturated rings. The first-order chi connectivity index (χ1) is 9.18. The van der Waals surface area contributed by atoms with Gasteiger partial charge in [-0.2, -0.15) is 0 Å². The van der Waals surface area contributed by atoms with Crippen molar-refractivity contribution >= 4 is 28.3 Å². The fraction of sp³-hybridized carbons (Fsp3) is 0.214. The topological polar surface area (TPSA) is 53.5 Å². The van der Waals surface area contributed by atoms with E-state index in [4.69, 9.17) is 0 Å². The zero-order valence-corrected chi connectivity index (χ0v) is 10.5. The van der Waals surface area contributed by atoms with Crippen LogP contribution in [-0.2, 0) is 9.59 Å². The van der Waals surface area contributed by atoms with Crippen LogP contribution in [-0.4, -0.2) is 41.8 Å². The van der Waals surface area contributed by atoms with E-state index in [0.29, 0.717) is 13.1 Å². The highest BCUT2D eigenvalue weighted by molar-refractivity contribution is 6.41. The van der Waals surface area contributed by atoms with Gasteiger partial charge in [-0.25, -0.2) is 0 Å². The Kier molecular flexibility index (Phi) is 2.67. The Bertz CT molecular complexity index is 663. The van der Waals surface area contributed by atoms with Gasteiger partial charge < -0.3 is 9.80 Å². The summed E-state index contributed by atoms with van der Waals surface area (Å²) in [4.78, 5) is 30.9. The molecule has 0 atom stereocenters. The Hall–Kier alpha value is -2.43. The predicted molar refractivity (Wildman–Crippen MR) is 71.7 cm³/mol. The fourth-order valence-electron chi connectivity index (χ4n) is 2.30. The summed E-state index contributed by atoms with van der Waals surface area (Å²) in [6, 6.07) is 7.53. The molecule has 1 aliphatic rings. The molecule has 5 nitrogen and oxygen atoms in total. The number of hydrogen-bond donors (Lipinski definition) is 0. The molecule has 96 valence electrons. The molecule has 3 rings (SSSR count). The number of likely N-dealkylation sites (N-methyl/N-ethyl adjacent to an activating group) is 1. The van der Waals surface area contributed by atoms with Crippen molar-refractivity contribution in [3.05, 3.63) is 36.7 Å². The van der Waals surface area contributed by atoms with Crippen molar-refractivity contribution in [1.29, 1.82) is 0 Å². The van der Waals surface area contributed by atoms with Crippen LogP contribution in [0, 0.1) is 0 Å². The van der Waals surface area contributed by atoms with Gasteiger partial charge in [0.2, 0.25) is 0 Å². The van der Waals surface area contributed by atoms with E-state index < -0.39 is 11.8 Å². The smallest absolute Gasteiger partial charge is 0.316 e. The van der Waals surface area contributed by atoms with Crippen LogP contribution in [0.4, 0.5) is 5.69 Å². The summed E-state index contributed by atoms with van der Waals surface area (Å²) < 4.78 is 0. The van der Waals surface area contributed by atoms with Gasteiger partial charge in [-0.3, -0.25) is 14.6 Å². The predicted octanol–water partition coefficient (Wildman–Crippen LogP) is 1.04. The second-order valence-electron chi connectivity index (χ2n) is 4.56. The SMILES string of the molecule is CN1CCN(c2cccc3cnccc23)C(=O)C1=O. The summed E-state index contributed by atoms with van der Waals surface area (Å²) >= 11 is 0. The number of fused-ring (bicyclic) bond motifs is 1. The van der Waals surface area contributed by atoms with E-state index in [2.05, 4.69) is 4.98 Å². The number of rotatable bonds is 1. The first-order valence-electron chi connectivity index (χ1n) is 6.08. The van der Waals surface area contributed by atoms with Gasteiger partial charge in [-0.15, -0.1) is 0 Å². The van der Waals surface area contributed by atoms with Gasteiger partial charge in [0, 0.05) is 43.3 Å². The molecule has 0 N–H and O–H groups in total. The molecular formula is C14H13N3O2. The molecule has 0 spiro atoms. The number of carbonyl (C=O) groups excluding carboxylic acids is 2. The molecule has 1 aliphatic heterocycles. The largest absolute Gasteiger partial charge is 0.336 e. The lowest BCUT2D eigenvalue weighted by atomic mass is 10.1. The minimum atomic E-state index is -0.474. The van der Waals surface area contributed by atoms with Gasteiger partial charge in [0.1, 0.15) is 0 Å². The van der Waals surface area contributed by atoms with Crippen LogP contribution in [0.2, 0.25) is 0 Å². The number of aromatic nitrogens is 1. The lowest BCUT2D eigenvalue weighted by Gasteiger charge is -2.32. The van der Waals surface area contributed by atoms with Crippen LogP contribution in [0.1, 0.15) is 0 Å². The van der Waals surface area contributed by atoms with Crippen molar-refractivity contribution in [2.45, 2.75) is 0 Å². The zero-order chi connectivity index (χ0) is 13.4. The highest BCUT2D eigenvalue weighted by Crippen LogP contribution is 2.27. The molecule has 5 heteroatoms. The van der Waals surface area contributed by atoms with Crippen molar-refractivity contribution in [3.8, 4) is 0 Å². The number of anilines is 1. The molecule has 0 saturated carbocycles. The van der Waals surface area contributed by atoms with E-state index in [0.717, 1.165) is 16.5 Å². The zero-order valence-electron chi connectivity index (χ0n) is 10.5. The van der Waals surface area contributed by atoms with Crippen molar-refractivity contribution in [3.63, 3.8) is 0 Å². The Morgan fingerprint density at radius 3 is 2.79 bits per heavy atom. The number of hydrogen-bond acceptors (Lipinski definition) is 3. The Morgan fingerprint density at radius 2 is 1.95 bits per heavy atom. The summed E-state index contributed by atoms with van der Waals surface area (Å²) in [6.07, 6.45) is 3.44. The molecule has 1 saturated heterocycles. The first-order valence-corrected chi connectivity index (χ1v) is 6.08. The van der Waals surface area contributed by atoms with Crippen molar-refractivity contribution in [1.82, 2.24) is 9.88 Å². The van der Waals surface area contributed by atoms with Crippen LogP contribution in [0.3, 0.4) is 0 Å². The van der Waals surface area contributed by atoms with Crippen LogP contribution in [0.25, 0.3) is 10.8 Å². The maximum atomic E-state index is 12.1. The summed E-state index contributed by atoms with van der Waals surface area (Å²) in [7, 11) is 1.64. The van der Waals surface area contributed by atoms with E-state index in [1.54, 1.807) is 24.3 Å². The normalized spacial score (nSPS) is 16.3. The van der Waals surface area contributed by atoms with E-state index in [-0.39, 0.29) is 0 Å². The maximum absolute atomic E-state index is 12.1. The maximum Gasteiger partial charge on any atom is 0.316 e. The minimum absolute atomic E-state index is 0.461. The highest BCUT2D eigenvalue weighted by atomic mass is 16.2. The lowest BCUT2D eigenvalue weighted by molar-refractivity contribution is -0.145. The monoisotopic (exact) mass is 255 g/mol. The van der Waals surface area contributed by atoms with Crippen molar-refractivity contribution in [2.24, 2.45) is 0 Å². The van der Waals surface area contributed by atoms with E-state index in [9.17, 15) is 9.59 Å². The Morgan fingerprint density at radius 1 is 1.11 bits per heavy atom. The van der Waals surface area contributed by atoms with Gasteiger partial charge in [-0.05, 0) is 12.1 Å². The van der Waals surface area contributed by atoms with Crippen LogP contribution in [0.5, 0.6) is 0 Å². The van der Waals surface area contributed by atoms with E-state index >= 15 is 0 Å². The third-order valence-corrected chi connectivity index (χ3v) is 3.38. The number of piperazine rings is 1. The molecule has 0 bridgehead atoms. The first kappa shape index (κ1) is 11.6. The number of pyridine rings is 1. The van der Waals surface area contributed by atoms with Crippen molar-refractivity contribution < 1.29 is 9.59 Å². The fourth-order valence-corrected chi connectivity index (χ4v) is 2.30. The molecule has 0 radical (unpaired) electrons. The number of benzene rings is 1. The Balaban J connectivity index is 2.10.